The van der Waals surface area contributed by atoms with Crippen LogP contribution in [-0.2, 0) is 4.79 Å². The van der Waals surface area contributed by atoms with Gasteiger partial charge in [0.05, 0.1) is 5.54 Å². The smallest absolute Gasteiger partial charge is 0.239 e. The maximum Gasteiger partial charge on any atom is 0.239 e. The van der Waals surface area contributed by atoms with E-state index in [2.05, 4.69) is 45.3 Å². The molecule has 3 nitrogen and oxygen atoms in total. The Morgan fingerprint density at radius 3 is 2.00 bits per heavy atom. The van der Waals surface area contributed by atoms with Crippen molar-refractivity contribution in [2.75, 3.05) is 13.1 Å². The lowest BCUT2D eigenvalue weighted by Crippen LogP contribution is -2.54. The summed E-state index contributed by atoms with van der Waals surface area (Å²) in [6, 6.07) is 0. The third kappa shape index (κ3) is 6.83. The summed E-state index contributed by atoms with van der Waals surface area (Å²) < 4.78 is 0. The minimum Gasteiger partial charge on any atom is -0.354 e. The molecule has 3 heteroatoms. The number of carbonyl (C=O) groups excluding carboxylic acids is 1. The van der Waals surface area contributed by atoms with E-state index in [0.717, 1.165) is 6.54 Å². The van der Waals surface area contributed by atoms with Gasteiger partial charge >= 0.3 is 0 Å². The van der Waals surface area contributed by atoms with Crippen molar-refractivity contribution in [3.63, 3.8) is 0 Å². The van der Waals surface area contributed by atoms with Gasteiger partial charge in [0.25, 0.3) is 0 Å². The number of carbonyl (C=O) groups is 1. The largest absolute Gasteiger partial charge is 0.354 e. The predicted octanol–water partition coefficient (Wildman–Crippen LogP) is 2.17. The summed E-state index contributed by atoms with van der Waals surface area (Å²) >= 11 is 0. The molecule has 2 N–H and O–H groups in total. The highest BCUT2D eigenvalue weighted by molar-refractivity contribution is 5.85. The minimum absolute atomic E-state index is 0.0723. The van der Waals surface area contributed by atoms with Crippen LogP contribution in [0.4, 0.5) is 0 Å². The lowest BCUT2D eigenvalue weighted by molar-refractivity contribution is -0.126. The van der Waals surface area contributed by atoms with Crippen molar-refractivity contribution >= 4 is 5.91 Å². The number of hydrogen-bond donors (Lipinski definition) is 2. The molecule has 0 fully saturated rings. The monoisotopic (exact) mass is 228 g/mol. The molecule has 0 aliphatic heterocycles. The third-order valence-electron chi connectivity index (χ3n) is 2.30. The second-order valence-corrected chi connectivity index (χ2v) is 6.64. The van der Waals surface area contributed by atoms with Crippen molar-refractivity contribution in [2.45, 2.75) is 54.0 Å². The summed E-state index contributed by atoms with van der Waals surface area (Å²) in [5.74, 6) is 0.623. The molecule has 0 heterocycles. The first kappa shape index (κ1) is 15.4. The van der Waals surface area contributed by atoms with E-state index in [0.29, 0.717) is 12.5 Å². The van der Waals surface area contributed by atoms with Gasteiger partial charge in [-0.25, -0.2) is 0 Å². The Balaban J connectivity index is 4.14. The van der Waals surface area contributed by atoms with E-state index < -0.39 is 5.54 Å². The molecule has 1 amide bonds. The SMILES string of the molecule is CC(C)CNC(C)(C)C(=O)NCC(C)(C)C. The molecular weight excluding hydrogens is 200 g/mol. The van der Waals surface area contributed by atoms with Gasteiger partial charge in [-0.3, -0.25) is 4.79 Å². The van der Waals surface area contributed by atoms with Gasteiger partial charge in [-0.1, -0.05) is 34.6 Å². The van der Waals surface area contributed by atoms with Crippen LogP contribution in [0.3, 0.4) is 0 Å². The molecule has 0 atom stereocenters. The Labute approximate surface area is 100 Å². The van der Waals surface area contributed by atoms with Crippen LogP contribution in [0.25, 0.3) is 0 Å². The lowest BCUT2D eigenvalue weighted by atomic mass is 9.96. The average Bonchev–Trinajstić information content (AvgIpc) is 2.09. The van der Waals surface area contributed by atoms with Crippen molar-refractivity contribution < 1.29 is 4.79 Å². The Kier molecular flexibility index (Phi) is 5.47. The maximum atomic E-state index is 12.0. The first-order valence-electron chi connectivity index (χ1n) is 6.08. The molecule has 0 aromatic carbocycles. The van der Waals surface area contributed by atoms with E-state index in [1.165, 1.54) is 0 Å². The van der Waals surface area contributed by atoms with Crippen molar-refractivity contribution in [1.29, 1.82) is 0 Å². The van der Waals surface area contributed by atoms with Gasteiger partial charge in [0, 0.05) is 6.54 Å². The molecule has 0 aliphatic rings. The van der Waals surface area contributed by atoms with Gasteiger partial charge in [-0.2, -0.15) is 0 Å². The molecule has 0 saturated heterocycles. The van der Waals surface area contributed by atoms with Gasteiger partial charge < -0.3 is 10.6 Å². The normalized spacial score (nSPS) is 13.0. The molecule has 0 spiro atoms. The fraction of sp³-hybridized carbons (Fsp3) is 0.923. The molecule has 16 heavy (non-hydrogen) atoms. The summed E-state index contributed by atoms with van der Waals surface area (Å²) in [7, 11) is 0. The molecule has 0 aromatic rings. The summed E-state index contributed by atoms with van der Waals surface area (Å²) in [6.07, 6.45) is 0. The fourth-order valence-corrected chi connectivity index (χ4v) is 1.11. The molecule has 96 valence electrons. The fourth-order valence-electron chi connectivity index (χ4n) is 1.11. The van der Waals surface area contributed by atoms with E-state index in [1.54, 1.807) is 0 Å². The number of amides is 1. The summed E-state index contributed by atoms with van der Waals surface area (Å²) in [5.41, 5.74) is -0.362. The van der Waals surface area contributed by atoms with E-state index in [1.807, 2.05) is 13.8 Å². The number of nitrogens with one attached hydrogen (secondary N) is 2. The molecule has 0 bridgehead atoms. The van der Waals surface area contributed by atoms with Gasteiger partial charge in [-0.15, -0.1) is 0 Å². The molecule has 0 radical (unpaired) electrons. The van der Waals surface area contributed by atoms with Gasteiger partial charge in [-0.05, 0) is 31.7 Å². The van der Waals surface area contributed by atoms with E-state index in [9.17, 15) is 4.79 Å². The molecular formula is C13H28N2O. The molecule has 0 aromatic heterocycles. The standard InChI is InChI=1S/C13H28N2O/c1-10(2)8-15-13(6,7)11(16)14-9-12(3,4)5/h10,15H,8-9H2,1-7H3,(H,14,16). The van der Waals surface area contributed by atoms with Crippen molar-refractivity contribution in [1.82, 2.24) is 10.6 Å². The van der Waals surface area contributed by atoms with E-state index >= 15 is 0 Å². The third-order valence-corrected chi connectivity index (χ3v) is 2.30. The van der Waals surface area contributed by atoms with Crippen molar-refractivity contribution in [2.24, 2.45) is 11.3 Å². The van der Waals surface area contributed by atoms with Crippen molar-refractivity contribution in [3.8, 4) is 0 Å². The second-order valence-electron chi connectivity index (χ2n) is 6.64. The molecule has 0 saturated carbocycles. The summed E-state index contributed by atoms with van der Waals surface area (Å²) in [5, 5.41) is 6.27. The van der Waals surface area contributed by atoms with Crippen LogP contribution in [0, 0.1) is 11.3 Å². The van der Waals surface area contributed by atoms with Gasteiger partial charge in [0.1, 0.15) is 0 Å². The van der Waals surface area contributed by atoms with Gasteiger partial charge in [0.2, 0.25) is 5.91 Å². The molecule has 0 rings (SSSR count). The van der Waals surface area contributed by atoms with Crippen LogP contribution in [0.5, 0.6) is 0 Å². The highest BCUT2D eigenvalue weighted by atomic mass is 16.2. The maximum absolute atomic E-state index is 12.0. The van der Waals surface area contributed by atoms with Gasteiger partial charge in [0.15, 0.2) is 0 Å². The zero-order valence-electron chi connectivity index (χ0n) is 11.9. The highest BCUT2D eigenvalue weighted by Crippen LogP contribution is 2.11. The zero-order valence-corrected chi connectivity index (χ0v) is 11.9. The first-order chi connectivity index (χ1) is 7.04. The van der Waals surface area contributed by atoms with E-state index in [4.69, 9.17) is 0 Å². The van der Waals surface area contributed by atoms with Crippen LogP contribution in [0.2, 0.25) is 0 Å². The quantitative estimate of drug-likeness (QED) is 0.757. The van der Waals surface area contributed by atoms with Crippen LogP contribution < -0.4 is 10.6 Å². The Hall–Kier alpha value is -0.570. The highest BCUT2D eigenvalue weighted by Gasteiger charge is 2.27. The topological polar surface area (TPSA) is 41.1 Å². The van der Waals surface area contributed by atoms with Crippen LogP contribution in [0.1, 0.15) is 48.5 Å². The van der Waals surface area contributed by atoms with Crippen LogP contribution in [-0.4, -0.2) is 24.5 Å². The average molecular weight is 228 g/mol. The number of hydrogen-bond acceptors (Lipinski definition) is 2. The zero-order chi connectivity index (χ0) is 13.0. The Morgan fingerprint density at radius 2 is 1.62 bits per heavy atom. The number of rotatable bonds is 5. The minimum atomic E-state index is -0.491. The lowest BCUT2D eigenvalue weighted by Gasteiger charge is -2.28. The van der Waals surface area contributed by atoms with Crippen LogP contribution in [0.15, 0.2) is 0 Å². The molecule has 0 unspecified atom stereocenters. The van der Waals surface area contributed by atoms with Crippen LogP contribution >= 0.6 is 0 Å². The Bertz CT molecular complexity index is 227. The second kappa shape index (κ2) is 5.67. The molecule has 0 aliphatic carbocycles. The summed E-state index contributed by atoms with van der Waals surface area (Å²) in [4.78, 5) is 12.0. The van der Waals surface area contributed by atoms with E-state index in [-0.39, 0.29) is 11.3 Å². The Morgan fingerprint density at radius 1 is 1.12 bits per heavy atom. The van der Waals surface area contributed by atoms with Crippen molar-refractivity contribution in [3.05, 3.63) is 0 Å². The summed E-state index contributed by atoms with van der Waals surface area (Å²) in [6.45, 7) is 16.0. The first-order valence-corrected chi connectivity index (χ1v) is 6.08. The predicted molar refractivity (Wildman–Crippen MR) is 69.4 cm³/mol.